The van der Waals surface area contributed by atoms with Crippen molar-refractivity contribution in [2.75, 3.05) is 7.05 Å². The SMILES string of the molecule is CCCC1=Nc2cc(C(=O)NC)ccc2Sc2ccccc21. The van der Waals surface area contributed by atoms with Crippen molar-refractivity contribution in [1.82, 2.24) is 5.32 Å². The lowest BCUT2D eigenvalue weighted by molar-refractivity contribution is 0.0963. The molecule has 0 atom stereocenters. The van der Waals surface area contributed by atoms with E-state index in [-0.39, 0.29) is 5.91 Å². The van der Waals surface area contributed by atoms with E-state index in [0.29, 0.717) is 5.56 Å². The van der Waals surface area contributed by atoms with E-state index in [1.807, 2.05) is 18.2 Å². The largest absolute Gasteiger partial charge is 0.355 e. The number of hydrogen-bond donors (Lipinski definition) is 1. The van der Waals surface area contributed by atoms with Gasteiger partial charge in [-0.3, -0.25) is 9.79 Å². The van der Waals surface area contributed by atoms with Gasteiger partial charge in [-0.05, 0) is 30.7 Å². The van der Waals surface area contributed by atoms with E-state index in [4.69, 9.17) is 4.99 Å². The van der Waals surface area contributed by atoms with E-state index >= 15 is 0 Å². The van der Waals surface area contributed by atoms with E-state index in [2.05, 4.69) is 36.5 Å². The van der Waals surface area contributed by atoms with E-state index < -0.39 is 0 Å². The molecule has 112 valence electrons. The third-order valence-corrected chi connectivity index (χ3v) is 4.75. The van der Waals surface area contributed by atoms with Crippen LogP contribution in [-0.4, -0.2) is 18.7 Å². The monoisotopic (exact) mass is 310 g/mol. The molecule has 1 N–H and O–H groups in total. The van der Waals surface area contributed by atoms with Gasteiger partial charge in [0.1, 0.15) is 0 Å². The minimum atomic E-state index is -0.0817. The molecule has 1 aliphatic heterocycles. The maximum atomic E-state index is 11.8. The Hall–Kier alpha value is -2.07. The number of benzene rings is 2. The fourth-order valence-corrected chi connectivity index (χ4v) is 3.55. The Morgan fingerprint density at radius 3 is 2.77 bits per heavy atom. The molecule has 0 unspecified atom stereocenters. The lowest BCUT2D eigenvalue weighted by Crippen LogP contribution is -2.17. The third kappa shape index (κ3) is 2.79. The number of nitrogens with zero attached hydrogens (tertiary/aromatic N) is 1. The van der Waals surface area contributed by atoms with Crippen LogP contribution >= 0.6 is 11.8 Å². The van der Waals surface area contributed by atoms with Gasteiger partial charge in [-0.2, -0.15) is 0 Å². The number of rotatable bonds is 3. The topological polar surface area (TPSA) is 41.5 Å². The standard InChI is InChI=1S/C18H18N2OS/c1-3-6-14-13-7-4-5-8-16(13)22-17-10-9-12(18(21)19-2)11-15(17)20-14/h4-5,7-11H,3,6H2,1-2H3,(H,19,21). The second-order valence-corrected chi connectivity index (χ2v) is 6.25. The van der Waals surface area contributed by atoms with Crippen LogP contribution in [0.5, 0.6) is 0 Å². The van der Waals surface area contributed by atoms with E-state index in [1.165, 1.54) is 10.5 Å². The van der Waals surface area contributed by atoms with E-state index in [1.54, 1.807) is 18.8 Å². The Balaban J connectivity index is 2.14. The summed E-state index contributed by atoms with van der Waals surface area (Å²) in [6.07, 6.45) is 1.98. The molecular weight excluding hydrogens is 292 g/mol. The van der Waals surface area contributed by atoms with Crippen LogP contribution in [0.25, 0.3) is 0 Å². The number of aliphatic imine (C=N–C) groups is 1. The molecule has 1 amide bonds. The van der Waals surface area contributed by atoms with Crippen LogP contribution < -0.4 is 5.32 Å². The lowest BCUT2D eigenvalue weighted by Gasteiger charge is -2.07. The predicted molar refractivity (Wildman–Crippen MR) is 91.5 cm³/mol. The summed E-state index contributed by atoms with van der Waals surface area (Å²) in [4.78, 5) is 19.0. The summed E-state index contributed by atoms with van der Waals surface area (Å²) in [5.74, 6) is -0.0817. The zero-order valence-electron chi connectivity index (χ0n) is 12.7. The van der Waals surface area contributed by atoms with Crippen LogP contribution in [0.3, 0.4) is 0 Å². The Morgan fingerprint density at radius 2 is 2.00 bits per heavy atom. The van der Waals surface area contributed by atoms with Gasteiger partial charge in [0.25, 0.3) is 5.91 Å². The number of carbonyl (C=O) groups excluding carboxylic acids is 1. The highest BCUT2D eigenvalue weighted by atomic mass is 32.2. The first kappa shape index (κ1) is 14.9. The zero-order valence-corrected chi connectivity index (χ0v) is 13.5. The lowest BCUT2D eigenvalue weighted by atomic mass is 10.1. The highest BCUT2D eigenvalue weighted by molar-refractivity contribution is 7.99. The number of nitrogens with one attached hydrogen (secondary N) is 1. The third-order valence-electron chi connectivity index (χ3n) is 3.61. The fraction of sp³-hybridized carbons (Fsp3) is 0.222. The Kier molecular flexibility index (Phi) is 4.29. The van der Waals surface area contributed by atoms with Gasteiger partial charge in [0.15, 0.2) is 0 Å². The predicted octanol–water partition coefficient (Wildman–Crippen LogP) is 4.43. The van der Waals surface area contributed by atoms with Crippen molar-refractivity contribution in [3.8, 4) is 0 Å². The molecule has 4 heteroatoms. The molecule has 0 radical (unpaired) electrons. The van der Waals surface area contributed by atoms with Gasteiger partial charge < -0.3 is 5.32 Å². The molecule has 22 heavy (non-hydrogen) atoms. The second-order valence-electron chi connectivity index (χ2n) is 5.17. The van der Waals surface area contributed by atoms with Gasteiger partial charge in [0.05, 0.1) is 5.69 Å². The highest BCUT2D eigenvalue weighted by Gasteiger charge is 2.17. The molecule has 3 rings (SSSR count). The quantitative estimate of drug-likeness (QED) is 0.911. The average molecular weight is 310 g/mol. The molecule has 0 bridgehead atoms. The number of carbonyl (C=O) groups is 1. The molecule has 0 aliphatic carbocycles. The minimum Gasteiger partial charge on any atom is -0.355 e. The highest BCUT2D eigenvalue weighted by Crippen LogP contribution is 2.41. The van der Waals surface area contributed by atoms with E-state index in [9.17, 15) is 4.79 Å². The molecule has 2 aromatic carbocycles. The van der Waals surface area contributed by atoms with Crippen LogP contribution in [0.15, 0.2) is 57.2 Å². The average Bonchev–Trinajstić information content (AvgIpc) is 2.70. The van der Waals surface area contributed by atoms with Crippen LogP contribution in [0.2, 0.25) is 0 Å². The summed E-state index contributed by atoms with van der Waals surface area (Å²) < 4.78 is 0. The molecule has 0 saturated heterocycles. The fourth-order valence-electron chi connectivity index (χ4n) is 2.52. The van der Waals surface area contributed by atoms with Crippen molar-refractivity contribution in [3.63, 3.8) is 0 Å². The van der Waals surface area contributed by atoms with Gasteiger partial charge in [-0.15, -0.1) is 0 Å². The first-order valence-corrected chi connectivity index (χ1v) is 8.25. The van der Waals surface area contributed by atoms with Gasteiger partial charge in [0, 0.05) is 33.7 Å². The van der Waals surface area contributed by atoms with Crippen LogP contribution in [0.1, 0.15) is 35.7 Å². The Morgan fingerprint density at radius 1 is 1.18 bits per heavy atom. The summed E-state index contributed by atoms with van der Waals surface area (Å²) >= 11 is 1.71. The van der Waals surface area contributed by atoms with Crippen LogP contribution in [-0.2, 0) is 0 Å². The maximum Gasteiger partial charge on any atom is 0.251 e. The van der Waals surface area contributed by atoms with Crippen LogP contribution in [0.4, 0.5) is 5.69 Å². The number of amides is 1. The van der Waals surface area contributed by atoms with Crippen molar-refractivity contribution in [3.05, 3.63) is 53.6 Å². The summed E-state index contributed by atoms with van der Waals surface area (Å²) in [6.45, 7) is 2.16. The number of fused-ring (bicyclic) bond motifs is 2. The Labute approximate surface area is 134 Å². The van der Waals surface area contributed by atoms with Crippen molar-refractivity contribution < 1.29 is 4.79 Å². The molecule has 1 aliphatic rings. The first-order chi connectivity index (χ1) is 10.7. The van der Waals surface area contributed by atoms with Crippen molar-refractivity contribution in [2.24, 2.45) is 4.99 Å². The maximum absolute atomic E-state index is 11.8. The molecule has 0 spiro atoms. The Bertz CT molecular complexity index is 753. The molecule has 3 nitrogen and oxygen atoms in total. The molecule has 1 heterocycles. The summed E-state index contributed by atoms with van der Waals surface area (Å²) in [7, 11) is 1.64. The smallest absolute Gasteiger partial charge is 0.251 e. The minimum absolute atomic E-state index is 0.0817. The van der Waals surface area contributed by atoms with Crippen molar-refractivity contribution >= 4 is 29.1 Å². The van der Waals surface area contributed by atoms with E-state index in [0.717, 1.165) is 29.1 Å². The molecule has 2 aromatic rings. The zero-order chi connectivity index (χ0) is 15.5. The first-order valence-electron chi connectivity index (χ1n) is 7.44. The van der Waals surface area contributed by atoms with Crippen molar-refractivity contribution in [1.29, 1.82) is 0 Å². The normalized spacial score (nSPS) is 12.7. The van der Waals surface area contributed by atoms with Gasteiger partial charge in [0.2, 0.25) is 0 Å². The van der Waals surface area contributed by atoms with Crippen molar-refractivity contribution in [2.45, 2.75) is 29.6 Å². The van der Waals surface area contributed by atoms with Gasteiger partial charge in [-0.1, -0.05) is 43.3 Å². The number of hydrogen-bond acceptors (Lipinski definition) is 3. The van der Waals surface area contributed by atoms with Crippen LogP contribution in [0, 0.1) is 0 Å². The second kappa shape index (κ2) is 6.36. The summed E-state index contributed by atoms with van der Waals surface area (Å²) in [5, 5.41) is 2.66. The van der Waals surface area contributed by atoms with Gasteiger partial charge >= 0.3 is 0 Å². The molecular formula is C18H18N2OS. The summed E-state index contributed by atoms with van der Waals surface area (Å²) in [5.41, 5.74) is 3.82. The molecule has 0 aromatic heterocycles. The summed E-state index contributed by atoms with van der Waals surface area (Å²) in [6, 6.07) is 14.1. The van der Waals surface area contributed by atoms with Gasteiger partial charge in [-0.25, -0.2) is 0 Å². The molecule has 0 saturated carbocycles. The molecule has 0 fully saturated rings.